The Kier molecular flexibility index (Phi) is 3.57. The molecule has 0 fully saturated rings. The number of imidazole rings is 1. The van der Waals surface area contributed by atoms with Crippen LogP contribution in [0.2, 0.25) is 0 Å². The summed E-state index contributed by atoms with van der Waals surface area (Å²) in [6.45, 7) is 1.91. The van der Waals surface area contributed by atoms with Crippen molar-refractivity contribution in [3.63, 3.8) is 0 Å². The highest BCUT2D eigenvalue weighted by Crippen LogP contribution is 2.32. The van der Waals surface area contributed by atoms with E-state index in [1.54, 1.807) is 6.20 Å². The van der Waals surface area contributed by atoms with Gasteiger partial charge in [0.1, 0.15) is 5.75 Å². The monoisotopic (exact) mass is 340 g/mol. The number of nitrogens with zero attached hydrogens (tertiary/aromatic N) is 3. The number of thiazole rings is 1. The van der Waals surface area contributed by atoms with Gasteiger partial charge in [-0.25, -0.2) is 9.97 Å². The third kappa shape index (κ3) is 2.56. The van der Waals surface area contributed by atoms with E-state index in [1.165, 1.54) is 11.3 Å². The molecule has 1 atom stereocenters. The van der Waals surface area contributed by atoms with Crippen molar-refractivity contribution in [1.82, 2.24) is 14.5 Å². The molecule has 1 amide bonds. The molecule has 122 valence electrons. The number of aryl methyl sites for hydroxylation is 2. The van der Waals surface area contributed by atoms with Gasteiger partial charge in [-0.3, -0.25) is 10.1 Å². The number of aromatic nitrogens is 3. The van der Waals surface area contributed by atoms with E-state index >= 15 is 0 Å². The number of para-hydroxylation sites is 1. The van der Waals surface area contributed by atoms with Crippen LogP contribution >= 0.6 is 11.3 Å². The van der Waals surface area contributed by atoms with E-state index in [0.29, 0.717) is 11.6 Å². The van der Waals surface area contributed by atoms with E-state index in [-0.39, 0.29) is 5.91 Å². The molecule has 0 saturated carbocycles. The highest BCUT2D eigenvalue weighted by molar-refractivity contribution is 7.19. The lowest BCUT2D eigenvalue weighted by atomic mass is 10.1. The van der Waals surface area contributed by atoms with E-state index in [0.717, 1.165) is 27.7 Å². The Morgan fingerprint density at radius 2 is 2.25 bits per heavy atom. The molecular weight excluding hydrogens is 324 g/mol. The van der Waals surface area contributed by atoms with Crippen LogP contribution < -0.4 is 10.1 Å². The van der Waals surface area contributed by atoms with Crippen molar-refractivity contribution >= 4 is 22.4 Å². The van der Waals surface area contributed by atoms with Crippen molar-refractivity contribution in [2.24, 2.45) is 7.05 Å². The molecule has 0 unspecified atom stereocenters. The van der Waals surface area contributed by atoms with E-state index < -0.39 is 6.10 Å². The number of fused-ring (bicyclic) bond motifs is 1. The second-order valence-electron chi connectivity index (χ2n) is 5.70. The Labute approximate surface area is 143 Å². The van der Waals surface area contributed by atoms with Crippen LogP contribution in [0.15, 0.2) is 36.7 Å². The van der Waals surface area contributed by atoms with Crippen molar-refractivity contribution in [2.45, 2.75) is 19.4 Å². The van der Waals surface area contributed by atoms with Gasteiger partial charge in [0, 0.05) is 25.9 Å². The zero-order valence-electron chi connectivity index (χ0n) is 13.3. The largest absolute Gasteiger partial charge is 0.480 e. The summed E-state index contributed by atoms with van der Waals surface area (Å²) in [5.41, 5.74) is 1.90. The van der Waals surface area contributed by atoms with Gasteiger partial charge in [0.05, 0.1) is 10.6 Å². The summed E-state index contributed by atoms with van der Waals surface area (Å²) in [5, 5.41) is 3.43. The van der Waals surface area contributed by atoms with E-state index in [1.807, 2.05) is 49.0 Å². The first-order valence-electron chi connectivity index (χ1n) is 7.62. The topological polar surface area (TPSA) is 69.0 Å². The van der Waals surface area contributed by atoms with Crippen LogP contribution in [0.5, 0.6) is 5.75 Å². The Bertz CT molecular complexity index is 890. The van der Waals surface area contributed by atoms with Crippen LogP contribution in [0.4, 0.5) is 5.13 Å². The molecule has 0 saturated heterocycles. The van der Waals surface area contributed by atoms with Gasteiger partial charge in [-0.15, -0.1) is 0 Å². The quantitative estimate of drug-likeness (QED) is 0.796. The van der Waals surface area contributed by atoms with Crippen LogP contribution in [0.3, 0.4) is 0 Å². The number of hydrogen-bond donors (Lipinski definition) is 1. The number of amides is 1. The van der Waals surface area contributed by atoms with Gasteiger partial charge in [-0.1, -0.05) is 29.5 Å². The van der Waals surface area contributed by atoms with E-state index in [2.05, 4.69) is 15.3 Å². The lowest BCUT2D eigenvalue weighted by Crippen LogP contribution is -2.31. The summed E-state index contributed by atoms with van der Waals surface area (Å²) in [6, 6.07) is 7.72. The Morgan fingerprint density at radius 1 is 1.42 bits per heavy atom. The second kappa shape index (κ2) is 5.76. The molecule has 0 spiro atoms. The minimum atomic E-state index is -0.511. The first-order chi connectivity index (χ1) is 11.6. The normalized spacial score (nSPS) is 15.8. The summed E-state index contributed by atoms with van der Waals surface area (Å²) in [4.78, 5) is 22.2. The number of anilines is 1. The lowest BCUT2D eigenvalue weighted by Gasteiger charge is -2.09. The summed E-state index contributed by atoms with van der Waals surface area (Å²) in [5.74, 6) is 1.45. The van der Waals surface area contributed by atoms with Crippen molar-refractivity contribution in [3.8, 4) is 16.5 Å². The number of ether oxygens (including phenoxy) is 1. The Balaban J connectivity index is 1.51. The van der Waals surface area contributed by atoms with Crippen molar-refractivity contribution in [3.05, 3.63) is 47.9 Å². The highest BCUT2D eigenvalue weighted by Gasteiger charge is 2.29. The minimum absolute atomic E-state index is 0.175. The fraction of sp³-hybridized carbons (Fsp3) is 0.235. The maximum absolute atomic E-state index is 12.5. The molecular formula is C17H16N4O2S. The van der Waals surface area contributed by atoms with Gasteiger partial charge in [-0.05, 0) is 18.6 Å². The third-order valence-corrected chi connectivity index (χ3v) is 5.06. The molecule has 24 heavy (non-hydrogen) atoms. The van der Waals surface area contributed by atoms with E-state index in [4.69, 9.17) is 4.74 Å². The fourth-order valence-electron chi connectivity index (χ4n) is 2.76. The molecule has 7 heteroatoms. The maximum Gasteiger partial charge on any atom is 0.267 e. The van der Waals surface area contributed by atoms with Gasteiger partial charge < -0.3 is 9.30 Å². The number of nitrogens with one attached hydrogen (secondary N) is 1. The zero-order chi connectivity index (χ0) is 16.7. The van der Waals surface area contributed by atoms with Gasteiger partial charge in [0.25, 0.3) is 5.91 Å². The Hall–Kier alpha value is -2.67. The number of rotatable bonds is 3. The van der Waals surface area contributed by atoms with Crippen molar-refractivity contribution in [1.29, 1.82) is 0 Å². The van der Waals surface area contributed by atoms with Gasteiger partial charge in [0.15, 0.2) is 17.1 Å². The van der Waals surface area contributed by atoms with Crippen LogP contribution in [-0.4, -0.2) is 26.5 Å². The molecule has 1 N–H and O–H groups in total. The smallest absolute Gasteiger partial charge is 0.267 e. The predicted molar refractivity (Wildman–Crippen MR) is 92.2 cm³/mol. The minimum Gasteiger partial charge on any atom is -0.480 e. The second-order valence-corrected chi connectivity index (χ2v) is 6.70. The third-order valence-electron chi connectivity index (χ3n) is 3.99. The van der Waals surface area contributed by atoms with E-state index in [9.17, 15) is 4.79 Å². The molecule has 1 aliphatic rings. The number of hydrogen-bond acceptors (Lipinski definition) is 5. The first-order valence-corrected chi connectivity index (χ1v) is 8.44. The zero-order valence-corrected chi connectivity index (χ0v) is 14.1. The molecule has 0 aliphatic carbocycles. The first kappa shape index (κ1) is 14.9. The van der Waals surface area contributed by atoms with Crippen LogP contribution in [0, 0.1) is 6.92 Å². The van der Waals surface area contributed by atoms with Gasteiger partial charge in [-0.2, -0.15) is 0 Å². The average molecular weight is 340 g/mol. The molecule has 3 heterocycles. The Morgan fingerprint density at radius 3 is 3.00 bits per heavy atom. The van der Waals surface area contributed by atoms with Crippen LogP contribution in [0.25, 0.3) is 10.7 Å². The lowest BCUT2D eigenvalue weighted by molar-refractivity contribution is -0.122. The molecule has 0 bridgehead atoms. The SMILES string of the molecule is Cc1nc(NC(=O)[C@H]2Cc3ccccc3O2)sc1-c1nccn1C. The molecule has 0 radical (unpaired) electrons. The summed E-state index contributed by atoms with van der Waals surface area (Å²) >= 11 is 1.42. The molecule has 1 aromatic carbocycles. The summed E-state index contributed by atoms with van der Waals surface area (Å²) in [6.07, 6.45) is 3.70. The van der Waals surface area contributed by atoms with Crippen LogP contribution in [-0.2, 0) is 18.3 Å². The molecule has 6 nitrogen and oxygen atoms in total. The molecule has 3 aromatic rings. The predicted octanol–water partition coefficient (Wildman–Crippen LogP) is 2.79. The average Bonchev–Trinajstić information content (AvgIpc) is 3.25. The maximum atomic E-state index is 12.5. The standard InChI is InChI=1S/C17H16N4O2S/c1-10-14(15-18-7-8-21(15)2)24-17(19-10)20-16(22)13-9-11-5-3-4-6-12(11)23-13/h3-8,13H,9H2,1-2H3,(H,19,20,22)/t13-/m1/s1. The van der Waals surface area contributed by atoms with Gasteiger partial charge in [0.2, 0.25) is 0 Å². The molecule has 2 aromatic heterocycles. The number of benzene rings is 1. The number of carbonyl (C=O) groups excluding carboxylic acids is 1. The van der Waals surface area contributed by atoms with Crippen molar-refractivity contribution in [2.75, 3.05) is 5.32 Å². The summed E-state index contributed by atoms with van der Waals surface area (Å²) < 4.78 is 7.65. The van der Waals surface area contributed by atoms with Crippen molar-refractivity contribution < 1.29 is 9.53 Å². The fourth-order valence-corrected chi connectivity index (χ4v) is 3.76. The highest BCUT2D eigenvalue weighted by atomic mass is 32.1. The van der Waals surface area contributed by atoms with Crippen LogP contribution in [0.1, 0.15) is 11.3 Å². The summed E-state index contributed by atoms with van der Waals surface area (Å²) in [7, 11) is 1.93. The molecule has 1 aliphatic heterocycles. The number of carbonyl (C=O) groups is 1. The van der Waals surface area contributed by atoms with Gasteiger partial charge >= 0.3 is 0 Å². The molecule has 4 rings (SSSR count).